The Kier molecular flexibility index (Phi) is 3.93. The van der Waals surface area contributed by atoms with Crippen LogP contribution in [0.2, 0.25) is 0 Å². The molecule has 25 heavy (non-hydrogen) atoms. The molecule has 0 fully saturated rings. The molecule has 0 saturated carbocycles. The number of carbonyl (C=O) groups excluding carboxylic acids is 1. The van der Waals surface area contributed by atoms with Gasteiger partial charge in [0.1, 0.15) is 17.0 Å². The van der Waals surface area contributed by atoms with Gasteiger partial charge in [0.25, 0.3) is 5.91 Å². The van der Waals surface area contributed by atoms with Gasteiger partial charge in [-0.05, 0) is 43.4 Å². The van der Waals surface area contributed by atoms with Crippen molar-refractivity contribution in [2.75, 3.05) is 5.32 Å². The Hall–Kier alpha value is -2.80. The number of thiophene rings is 1. The number of rotatable bonds is 3. The number of aromatic nitrogens is 2. The Morgan fingerprint density at radius 3 is 2.64 bits per heavy atom. The van der Waals surface area contributed by atoms with Gasteiger partial charge in [-0.1, -0.05) is 12.1 Å². The zero-order chi connectivity index (χ0) is 17.4. The molecule has 2 heterocycles. The van der Waals surface area contributed by atoms with Gasteiger partial charge in [-0.2, -0.15) is 0 Å². The van der Waals surface area contributed by atoms with E-state index in [1.54, 1.807) is 23.5 Å². The molecule has 4 rings (SSSR count). The lowest BCUT2D eigenvalue weighted by Gasteiger charge is -2.12. The molecule has 0 saturated heterocycles. The van der Waals surface area contributed by atoms with Crippen LogP contribution >= 0.6 is 11.3 Å². The third kappa shape index (κ3) is 2.76. The predicted molar refractivity (Wildman–Crippen MR) is 95.4 cm³/mol. The monoisotopic (exact) mass is 353 g/mol. The van der Waals surface area contributed by atoms with Gasteiger partial charge in [-0.25, -0.2) is 14.8 Å². The van der Waals surface area contributed by atoms with Crippen molar-refractivity contribution >= 4 is 39.2 Å². The second-order valence-corrected chi connectivity index (χ2v) is 7.00. The highest BCUT2D eigenvalue weighted by molar-refractivity contribution is 7.19. The van der Waals surface area contributed by atoms with Gasteiger partial charge in [0.05, 0.1) is 16.5 Å². The summed E-state index contributed by atoms with van der Waals surface area (Å²) in [5, 5.41) is 13.0. The van der Waals surface area contributed by atoms with Crippen LogP contribution in [0.3, 0.4) is 0 Å². The number of hydrogen-bond donors (Lipinski definition) is 2. The van der Waals surface area contributed by atoms with Crippen LogP contribution in [0, 0.1) is 0 Å². The molecule has 126 valence electrons. The first kappa shape index (κ1) is 15.7. The summed E-state index contributed by atoms with van der Waals surface area (Å²) >= 11 is 1.65. The molecule has 1 aliphatic carbocycles. The quantitative estimate of drug-likeness (QED) is 0.751. The minimum absolute atomic E-state index is 0.0300. The average molecular weight is 353 g/mol. The van der Waals surface area contributed by atoms with Crippen LogP contribution in [-0.2, 0) is 12.8 Å². The van der Waals surface area contributed by atoms with E-state index in [0.717, 1.165) is 29.5 Å². The first-order valence-corrected chi connectivity index (χ1v) is 8.85. The summed E-state index contributed by atoms with van der Waals surface area (Å²) in [6.45, 7) is 0. The summed E-state index contributed by atoms with van der Waals surface area (Å²) in [4.78, 5) is 34.7. The number of hydrogen-bond acceptors (Lipinski definition) is 5. The lowest BCUT2D eigenvalue weighted by atomic mass is 9.97. The molecular weight excluding hydrogens is 338 g/mol. The van der Waals surface area contributed by atoms with E-state index in [1.807, 2.05) is 0 Å². The topological polar surface area (TPSA) is 92.2 Å². The van der Waals surface area contributed by atoms with E-state index in [4.69, 9.17) is 0 Å². The Balaban J connectivity index is 1.75. The molecule has 2 N–H and O–H groups in total. The maximum absolute atomic E-state index is 12.6. The van der Waals surface area contributed by atoms with Gasteiger partial charge >= 0.3 is 5.97 Å². The summed E-state index contributed by atoms with van der Waals surface area (Å²) in [5.41, 5.74) is 1.30. The molecule has 1 aromatic carbocycles. The highest BCUT2D eigenvalue weighted by atomic mass is 32.1. The van der Waals surface area contributed by atoms with E-state index in [-0.39, 0.29) is 11.1 Å². The van der Waals surface area contributed by atoms with Crippen molar-refractivity contribution in [3.05, 3.63) is 52.2 Å². The molecule has 0 aliphatic heterocycles. The number of amides is 1. The molecule has 0 bridgehead atoms. The van der Waals surface area contributed by atoms with Crippen molar-refractivity contribution in [3.8, 4) is 0 Å². The van der Waals surface area contributed by atoms with Gasteiger partial charge in [0, 0.05) is 4.88 Å². The van der Waals surface area contributed by atoms with E-state index in [1.165, 1.54) is 35.3 Å². The van der Waals surface area contributed by atoms with Crippen LogP contribution < -0.4 is 5.32 Å². The van der Waals surface area contributed by atoms with E-state index in [0.29, 0.717) is 5.82 Å². The van der Waals surface area contributed by atoms with Crippen molar-refractivity contribution in [1.82, 2.24) is 9.97 Å². The van der Waals surface area contributed by atoms with E-state index in [2.05, 4.69) is 15.3 Å². The average Bonchev–Trinajstić information content (AvgIpc) is 3.01. The molecule has 7 heteroatoms. The Morgan fingerprint density at radius 1 is 1.08 bits per heavy atom. The first-order chi connectivity index (χ1) is 12.1. The minimum Gasteiger partial charge on any atom is -0.478 e. The van der Waals surface area contributed by atoms with E-state index < -0.39 is 11.9 Å². The van der Waals surface area contributed by atoms with Gasteiger partial charge in [-0.3, -0.25) is 4.79 Å². The molecule has 2 aromatic heterocycles. The summed E-state index contributed by atoms with van der Waals surface area (Å²) in [5.74, 6) is -1.16. The molecule has 0 radical (unpaired) electrons. The third-order valence-corrected chi connectivity index (χ3v) is 5.59. The van der Waals surface area contributed by atoms with Crippen LogP contribution in [0.25, 0.3) is 10.2 Å². The number of carboxylic acids is 1. The Bertz CT molecular complexity index is 996. The molecule has 0 unspecified atom stereocenters. The smallest absolute Gasteiger partial charge is 0.336 e. The maximum Gasteiger partial charge on any atom is 0.336 e. The number of anilines is 1. The normalized spacial score (nSPS) is 13.4. The van der Waals surface area contributed by atoms with Crippen LogP contribution in [0.5, 0.6) is 0 Å². The first-order valence-electron chi connectivity index (χ1n) is 8.04. The molecular formula is C18H15N3O3S. The molecule has 6 nitrogen and oxygen atoms in total. The number of aromatic carboxylic acids is 1. The fourth-order valence-electron chi connectivity index (χ4n) is 3.23. The van der Waals surface area contributed by atoms with Crippen LogP contribution in [0.15, 0.2) is 30.6 Å². The standard InChI is InChI=1S/C18H15N3O3S/c22-16(10-5-1-2-6-11(10)18(23)24)21-15-14-12-7-3-4-8-13(12)25-17(14)20-9-19-15/h1-2,5-6,9H,3-4,7-8H2,(H,23,24)(H,19,20,21,22). The van der Waals surface area contributed by atoms with Crippen molar-refractivity contribution in [3.63, 3.8) is 0 Å². The molecule has 0 atom stereocenters. The fourth-order valence-corrected chi connectivity index (χ4v) is 4.46. The number of aryl methyl sites for hydroxylation is 2. The van der Waals surface area contributed by atoms with Crippen LogP contribution in [0.4, 0.5) is 5.82 Å². The highest BCUT2D eigenvalue weighted by Gasteiger charge is 2.22. The molecule has 0 spiro atoms. The van der Waals surface area contributed by atoms with Crippen molar-refractivity contribution in [2.24, 2.45) is 0 Å². The summed E-state index contributed by atoms with van der Waals surface area (Å²) < 4.78 is 0. The van der Waals surface area contributed by atoms with E-state index in [9.17, 15) is 14.7 Å². The van der Waals surface area contributed by atoms with Gasteiger partial charge in [0.2, 0.25) is 0 Å². The van der Waals surface area contributed by atoms with Crippen molar-refractivity contribution < 1.29 is 14.7 Å². The Labute approximate surface area is 147 Å². The molecule has 3 aromatic rings. The second kappa shape index (κ2) is 6.25. The maximum atomic E-state index is 12.6. The summed E-state index contributed by atoms with van der Waals surface area (Å²) in [6, 6.07) is 6.15. The lowest BCUT2D eigenvalue weighted by molar-refractivity contribution is 0.0692. The zero-order valence-electron chi connectivity index (χ0n) is 13.3. The van der Waals surface area contributed by atoms with Crippen LogP contribution in [0.1, 0.15) is 44.0 Å². The largest absolute Gasteiger partial charge is 0.478 e. The SMILES string of the molecule is O=C(O)c1ccccc1C(=O)Nc1ncnc2sc3c(c12)CCCC3. The van der Waals surface area contributed by atoms with Crippen molar-refractivity contribution in [2.45, 2.75) is 25.7 Å². The van der Waals surface area contributed by atoms with Gasteiger partial charge in [-0.15, -0.1) is 11.3 Å². The molecule has 1 amide bonds. The Morgan fingerprint density at radius 2 is 1.84 bits per heavy atom. The van der Waals surface area contributed by atoms with E-state index >= 15 is 0 Å². The van der Waals surface area contributed by atoms with Gasteiger partial charge < -0.3 is 10.4 Å². The number of benzene rings is 1. The van der Waals surface area contributed by atoms with Crippen LogP contribution in [-0.4, -0.2) is 27.0 Å². The number of carboxylic acid groups (broad SMARTS) is 1. The zero-order valence-corrected chi connectivity index (χ0v) is 14.1. The number of nitrogens with one attached hydrogen (secondary N) is 1. The minimum atomic E-state index is -1.13. The highest BCUT2D eigenvalue weighted by Crippen LogP contribution is 2.38. The number of nitrogens with zero attached hydrogens (tertiary/aromatic N) is 2. The summed E-state index contributed by atoms with van der Waals surface area (Å²) in [7, 11) is 0. The number of fused-ring (bicyclic) bond motifs is 3. The number of carbonyl (C=O) groups is 2. The van der Waals surface area contributed by atoms with Crippen molar-refractivity contribution in [1.29, 1.82) is 0 Å². The van der Waals surface area contributed by atoms with Gasteiger partial charge in [0.15, 0.2) is 0 Å². The summed E-state index contributed by atoms with van der Waals surface area (Å²) in [6.07, 6.45) is 5.70. The third-order valence-electron chi connectivity index (χ3n) is 4.39. The second-order valence-electron chi connectivity index (χ2n) is 5.92. The lowest BCUT2D eigenvalue weighted by Crippen LogP contribution is -2.17. The fraction of sp³-hybridized carbons (Fsp3) is 0.222. The molecule has 1 aliphatic rings. The predicted octanol–water partition coefficient (Wildman–Crippen LogP) is 3.52.